The first-order chi connectivity index (χ1) is 11.5. The van der Waals surface area contributed by atoms with Crippen LogP contribution >= 0.6 is 0 Å². The summed E-state index contributed by atoms with van der Waals surface area (Å²) in [6, 6.07) is 0.361. The van der Waals surface area contributed by atoms with E-state index in [1.54, 1.807) is 0 Å². The molecule has 3 fully saturated rings. The second kappa shape index (κ2) is 7.42. The van der Waals surface area contributed by atoms with Gasteiger partial charge < -0.3 is 10.0 Å². The summed E-state index contributed by atoms with van der Waals surface area (Å²) in [5.41, 5.74) is 0. The molecule has 1 aliphatic heterocycles. The number of carboxylic acids is 1. The number of carbonyl (C=O) groups excluding carboxylic acids is 1. The number of nitrogens with zero attached hydrogens (tertiary/aromatic N) is 2. The zero-order valence-corrected chi connectivity index (χ0v) is 15.1. The fourth-order valence-corrected chi connectivity index (χ4v) is 5.36. The van der Waals surface area contributed by atoms with Crippen LogP contribution < -0.4 is 0 Å². The molecule has 0 aromatic carbocycles. The van der Waals surface area contributed by atoms with E-state index in [9.17, 15) is 14.7 Å². The lowest BCUT2D eigenvalue weighted by Gasteiger charge is -2.37. The highest BCUT2D eigenvalue weighted by atomic mass is 16.4. The van der Waals surface area contributed by atoms with Crippen molar-refractivity contribution >= 4 is 11.9 Å². The lowest BCUT2D eigenvalue weighted by molar-refractivity contribution is -0.145. The van der Waals surface area contributed by atoms with Crippen LogP contribution in [0.5, 0.6) is 0 Å². The zero-order chi connectivity index (χ0) is 17.3. The van der Waals surface area contributed by atoms with Crippen molar-refractivity contribution in [2.75, 3.05) is 6.54 Å². The van der Waals surface area contributed by atoms with Crippen LogP contribution in [0.4, 0.5) is 0 Å². The van der Waals surface area contributed by atoms with E-state index in [2.05, 4.69) is 13.8 Å². The van der Waals surface area contributed by atoms with Gasteiger partial charge in [0.05, 0.1) is 6.54 Å². The van der Waals surface area contributed by atoms with Gasteiger partial charge in [-0.15, -0.1) is 0 Å². The molecule has 1 saturated heterocycles. The fourth-order valence-electron chi connectivity index (χ4n) is 5.36. The third kappa shape index (κ3) is 3.46. The van der Waals surface area contributed by atoms with E-state index in [4.69, 9.17) is 0 Å². The Morgan fingerprint density at radius 3 is 2.33 bits per heavy atom. The second-order valence-corrected chi connectivity index (χ2v) is 8.21. The molecule has 0 spiro atoms. The highest BCUT2D eigenvalue weighted by Crippen LogP contribution is 2.40. The van der Waals surface area contributed by atoms with Crippen molar-refractivity contribution < 1.29 is 14.7 Å². The van der Waals surface area contributed by atoms with E-state index in [0.717, 1.165) is 38.5 Å². The summed E-state index contributed by atoms with van der Waals surface area (Å²) >= 11 is 0. The number of hydrogen-bond acceptors (Lipinski definition) is 3. The van der Waals surface area contributed by atoms with Gasteiger partial charge in [-0.1, -0.05) is 25.7 Å². The van der Waals surface area contributed by atoms with E-state index >= 15 is 0 Å². The Bertz CT molecular complexity index is 473. The Balaban J connectivity index is 1.73. The van der Waals surface area contributed by atoms with Crippen molar-refractivity contribution in [2.45, 2.75) is 95.8 Å². The van der Waals surface area contributed by atoms with E-state index < -0.39 is 12.0 Å². The minimum atomic E-state index is -0.755. The molecule has 1 heterocycles. The number of likely N-dealkylation sites (tertiary alicyclic amines) is 1. The second-order valence-electron chi connectivity index (χ2n) is 8.21. The van der Waals surface area contributed by atoms with E-state index in [-0.39, 0.29) is 18.5 Å². The molecular formula is C19H32N2O3. The monoisotopic (exact) mass is 336 g/mol. The van der Waals surface area contributed by atoms with Crippen LogP contribution in [0.2, 0.25) is 0 Å². The van der Waals surface area contributed by atoms with Gasteiger partial charge in [-0.2, -0.15) is 0 Å². The smallest absolute Gasteiger partial charge is 0.320 e. The van der Waals surface area contributed by atoms with Crippen LogP contribution in [0, 0.1) is 5.92 Å². The normalized spacial score (nSPS) is 31.4. The molecule has 0 radical (unpaired) electrons. The first-order valence-electron chi connectivity index (χ1n) is 9.78. The largest absolute Gasteiger partial charge is 0.480 e. The Hall–Kier alpha value is -1.10. The SMILES string of the molecule is CC(C)N(C(=O)CN1C(C(=O)O)CC2CCCCC21)C1CCCC1. The van der Waals surface area contributed by atoms with Gasteiger partial charge >= 0.3 is 5.97 Å². The maximum Gasteiger partial charge on any atom is 0.320 e. The lowest BCUT2D eigenvalue weighted by Crippen LogP contribution is -2.52. The summed E-state index contributed by atoms with van der Waals surface area (Å²) in [5.74, 6) is -0.157. The molecule has 0 aromatic rings. The molecule has 2 saturated carbocycles. The Morgan fingerprint density at radius 1 is 1.08 bits per heavy atom. The first-order valence-corrected chi connectivity index (χ1v) is 9.78. The molecule has 3 aliphatic rings. The highest BCUT2D eigenvalue weighted by Gasteiger charge is 2.46. The van der Waals surface area contributed by atoms with Gasteiger partial charge in [0.2, 0.25) is 5.91 Å². The lowest BCUT2D eigenvalue weighted by atomic mass is 9.85. The minimum absolute atomic E-state index is 0.134. The van der Waals surface area contributed by atoms with E-state index in [0.29, 0.717) is 18.0 Å². The van der Waals surface area contributed by atoms with Crippen molar-refractivity contribution in [1.82, 2.24) is 9.80 Å². The molecule has 0 bridgehead atoms. The summed E-state index contributed by atoms with van der Waals surface area (Å²) in [7, 11) is 0. The summed E-state index contributed by atoms with van der Waals surface area (Å²) in [6.07, 6.45) is 9.85. The zero-order valence-electron chi connectivity index (χ0n) is 15.1. The Labute approximate surface area is 145 Å². The topological polar surface area (TPSA) is 60.9 Å². The molecule has 2 aliphatic carbocycles. The standard InChI is InChI=1S/C19H32N2O3/c1-13(2)21(15-8-4-5-9-15)18(22)12-20-16-10-6-3-7-14(16)11-17(20)19(23)24/h13-17H,3-12H2,1-2H3,(H,23,24). The number of fused-ring (bicyclic) bond motifs is 1. The molecule has 24 heavy (non-hydrogen) atoms. The predicted octanol–water partition coefficient (Wildman–Crippen LogP) is 2.88. The number of carbonyl (C=O) groups is 2. The summed E-state index contributed by atoms with van der Waals surface area (Å²) in [4.78, 5) is 28.9. The van der Waals surface area contributed by atoms with Gasteiger partial charge in [-0.25, -0.2) is 0 Å². The molecular weight excluding hydrogens is 304 g/mol. The molecule has 5 heteroatoms. The molecule has 3 rings (SSSR count). The highest BCUT2D eigenvalue weighted by molar-refractivity contribution is 5.81. The van der Waals surface area contributed by atoms with Crippen molar-refractivity contribution in [2.24, 2.45) is 5.92 Å². The third-order valence-corrected chi connectivity index (χ3v) is 6.39. The van der Waals surface area contributed by atoms with Gasteiger partial charge in [0, 0.05) is 18.1 Å². The van der Waals surface area contributed by atoms with Crippen LogP contribution in [-0.4, -0.2) is 57.5 Å². The summed E-state index contributed by atoms with van der Waals surface area (Å²) in [6.45, 7) is 4.45. The third-order valence-electron chi connectivity index (χ3n) is 6.39. The van der Waals surface area contributed by atoms with Crippen LogP contribution in [0.3, 0.4) is 0 Å². The van der Waals surface area contributed by atoms with Gasteiger partial charge in [0.1, 0.15) is 6.04 Å². The predicted molar refractivity (Wildman–Crippen MR) is 92.7 cm³/mol. The van der Waals surface area contributed by atoms with Gasteiger partial charge in [0.15, 0.2) is 0 Å². The van der Waals surface area contributed by atoms with E-state index in [1.807, 2.05) is 9.80 Å². The number of amides is 1. The summed E-state index contributed by atoms with van der Waals surface area (Å²) in [5, 5.41) is 9.64. The molecule has 3 unspecified atom stereocenters. The number of hydrogen-bond donors (Lipinski definition) is 1. The number of rotatable bonds is 5. The van der Waals surface area contributed by atoms with Crippen molar-refractivity contribution in [3.8, 4) is 0 Å². The number of aliphatic carboxylic acids is 1. The van der Waals surface area contributed by atoms with Crippen LogP contribution in [0.1, 0.15) is 71.6 Å². The minimum Gasteiger partial charge on any atom is -0.480 e. The van der Waals surface area contributed by atoms with Crippen LogP contribution in [-0.2, 0) is 9.59 Å². The van der Waals surface area contributed by atoms with Gasteiger partial charge in [-0.3, -0.25) is 14.5 Å². The Morgan fingerprint density at radius 2 is 1.71 bits per heavy atom. The van der Waals surface area contributed by atoms with Crippen molar-refractivity contribution in [3.63, 3.8) is 0 Å². The Kier molecular flexibility index (Phi) is 5.48. The molecule has 1 N–H and O–H groups in total. The average Bonchev–Trinajstić information content (AvgIpc) is 3.16. The van der Waals surface area contributed by atoms with Crippen molar-refractivity contribution in [3.05, 3.63) is 0 Å². The van der Waals surface area contributed by atoms with Crippen molar-refractivity contribution in [1.29, 1.82) is 0 Å². The molecule has 0 aromatic heterocycles. The van der Waals surface area contributed by atoms with Gasteiger partial charge in [0.25, 0.3) is 0 Å². The van der Waals surface area contributed by atoms with Crippen LogP contribution in [0.25, 0.3) is 0 Å². The molecule has 1 amide bonds. The molecule has 5 nitrogen and oxygen atoms in total. The summed E-state index contributed by atoms with van der Waals surface area (Å²) < 4.78 is 0. The molecule has 3 atom stereocenters. The van der Waals surface area contributed by atoms with Crippen LogP contribution in [0.15, 0.2) is 0 Å². The maximum atomic E-state index is 13.1. The first kappa shape index (κ1) is 17.7. The maximum absolute atomic E-state index is 13.1. The van der Waals surface area contributed by atoms with E-state index in [1.165, 1.54) is 19.3 Å². The quantitative estimate of drug-likeness (QED) is 0.838. The molecule has 136 valence electrons. The van der Waals surface area contributed by atoms with Gasteiger partial charge in [-0.05, 0) is 51.9 Å². The fraction of sp³-hybridized carbons (Fsp3) is 0.895. The average molecular weight is 336 g/mol. The number of carboxylic acid groups (broad SMARTS) is 1.